The van der Waals surface area contributed by atoms with Gasteiger partial charge in [0.1, 0.15) is 5.03 Å². The van der Waals surface area contributed by atoms with Gasteiger partial charge in [0.25, 0.3) is 0 Å². The first kappa shape index (κ1) is 17.3. The van der Waals surface area contributed by atoms with Crippen molar-refractivity contribution in [2.45, 2.75) is 17.2 Å². The molecule has 0 aliphatic carbocycles. The molecule has 1 aromatic heterocycles. The standard InChI is InChI=1S/C15H16N2O4S3/c1-17(24(18,19)20)12-6-4-11(5-7-12)9-22-14-10-23-15(16-14)13-3-2-8-21-13/h3-7,10H,2,8-9H2,1H3,(H,18,19,20). The highest BCUT2D eigenvalue weighted by atomic mass is 32.2. The Hall–Kier alpha value is -1.55. The van der Waals surface area contributed by atoms with Crippen LogP contribution in [0.4, 0.5) is 5.69 Å². The van der Waals surface area contributed by atoms with Crippen molar-refractivity contribution in [2.75, 3.05) is 18.0 Å². The predicted molar refractivity (Wildman–Crippen MR) is 96.6 cm³/mol. The van der Waals surface area contributed by atoms with E-state index in [1.54, 1.807) is 35.2 Å². The second-order valence-corrected chi connectivity index (χ2v) is 8.39. The summed E-state index contributed by atoms with van der Waals surface area (Å²) in [7, 11) is -2.93. The minimum atomic E-state index is -4.23. The van der Waals surface area contributed by atoms with E-state index in [0.29, 0.717) is 5.69 Å². The molecule has 24 heavy (non-hydrogen) atoms. The minimum absolute atomic E-state index is 0.410. The van der Waals surface area contributed by atoms with Crippen LogP contribution < -0.4 is 4.31 Å². The van der Waals surface area contributed by atoms with E-state index in [9.17, 15) is 8.42 Å². The lowest BCUT2D eigenvalue weighted by atomic mass is 10.2. The molecule has 6 nitrogen and oxygen atoms in total. The van der Waals surface area contributed by atoms with Gasteiger partial charge in [0.05, 0.1) is 12.3 Å². The molecule has 9 heteroatoms. The van der Waals surface area contributed by atoms with Crippen LogP contribution in [0.3, 0.4) is 0 Å². The molecular formula is C15H16N2O4S3. The summed E-state index contributed by atoms with van der Waals surface area (Å²) in [6, 6.07) is 6.99. The maximum atomic E-state index is 11.1. The normalized spacial score (nSPS) is 14.3. The summed E-state index contributed by atoms with van der Waals surface area (Å²) < 4.78 is 37.5. The summed E-state index contributed by atoms with van der Waals surface area (Å²) in [6.45, 7) is 0.724. The lowest BCUT2D eigenvalue weighted by Gasteiger charge is -2.15. The summed E-state index contributed by atoms with van der Waals surface area (Å²) >= 11 is 3.17. The first-order valence-electron chi connectivity index (χ1n) is 7.15. The highest BCUT2D eigenvalue weighted by Gasteiger charge is 2.14. The maximum absolute atomic E-state index is 11.1. The highest BCUT2D eigenvalue weighted by Crippen LogP contribution is 2.30. The molecule has 0 radical (unpaired) electrons. The van der Waals surface area contributed by atoms with Gasteiger partial charge in [-0.15, -0.1) is 23.1 Å². The summed E-state index contributed by atoms with van der Waals surface area (Å²) in [5, 5.41) is 3.84. The van der Waals surface area contributed by atoms with Crippen LogP contribution in [-0.4, -0.2) is 31.6 Å². The van der Waals surface area contributed by atoms with Crippen molar-refractivity contribution in [3.63, 3.8) is 0 Å². The van der Waals surface area contributed by atoms with Crippen LogP contribution in [-0.2, 0) is 20.8 Å². The van der Waals surface area contributed by atoms with Gasteiger partial charge >= 0.3 is 10.3 Å². The van der Waals surface area contributed by atoms with Gasteiger partial charge < -0.3 is 4.74 Å². The van der Waals surface area contributed by atoms with Crippen molar-refractivity contribution >= 4 is 44.8 Å². The number of hydrogen-bond donors (Lipinski definition) is 1. The molecule has 1 N–H and O–H groups in total. The number of aromatic nitrogens is 1. The van der Waals surface area contributed by atoms with Gasteiger partial charge in [-0.05, 0) is 23.8 Å². The molecule has 0 saturated heterocycles. The van der Waals surface area contributed by atoms with E-state index < -0.39 is 10.3 Å². The Bertz CT molecular complexity index is 844. The van der Waals surface area contributed by atoms with E-state index in [2.05, 4.69) is 11.1 Å². The van der Waals surface area contributed by atoms with Crippen LogP contribution in [0.1, 0.15) is 17.0 Å². The summed E-state index contributed by atoms with van der Waals surface area (Å²) in [5.41, 5.74) is 1.45. The monoisotopic (exact) mass is 384 g/mol. The van der Waals surface area contributed by atoms with Gasteiger partial charge in [-0.3, -0.25) is 8.86 Å². The van der Waals surface area contributed by atoms with Crippen molar-refractivity contribution in [2.24, 2.45) is 0 Å². The number of nitrogens with zero attached hydrogens (tertiary/aromatic N) is 2. The molecular weight excluding hydrogens is 368 g/mol. The molecule has 2 aromatic rings. The van der Waals surface area contributed by atoms with Gasteiger partial charge in [0.2, 0.25) is 0 Å². The second-order valence-electron chi connectivity index (χ2n) is 5.10. The summed E-state index contributed by atoms with van der Waals surface area (Å²) in [6.07, 6.45) is 2.99. The SMILES string of the molecule is CN(c1ccc(CSc2csc(C3=CCCO3)n2)cc1)S(=O)(=O)O. The Balaban J connectivity index is 1.61. The van der Waals surface area contributed by atoms with Gasteiger partial charge in [-0.2, -0.15) is 8.42 Å². The molecule has 0 saturated carbocycles. The van der Waals surface area contributed by atoms with Crippen molar-refractivity contribution < 1.29 is 17.7 Å². The molecule has 0 amide bonds. The average molecular weight is 385 g/mol. The molecule has 3 rings (SSSR count). The smallest absolute Gasteiger partial charge is 0.359 e. The molecule has 0 fully saturated rings. The minimum Gasteiger partial charge on any atom is -0.490 e. The van der Waals surface area contributed by atoms with Crippen molar-refractivity contribution in [3.05, 3.63) is 46.3 Å². The number of ether oxygens (including phenoxy) is 1. The zero-order valence-electron chi connectivity index (χ0n) is 12.9. The number of anilines is 1. The van der Waals surface area contributed by atoms with E-state index in [1.807, 2.05) is 17.5 Å². The number of thiazole rings is 1. The van der Waals surface area contributed by atoms with Crippen LogP contribution >= 0.6 is 23.1 Å². The second kappa shape index (κ2) is 7.14. The Morgan fingerprint density at radius 1 is 1.38 bits per heavy atom. The zero-order chi connectivity index (χ0) is 17.2. The van der Waals surface area contributed by atoms with E-state index in [-0.39, 0.29) is 0 Å². The van der Waals surface area contributed by atoms with Crippen molar-refractivity contribution in [3.8, 4) is 0 Å². The topological polar surface area (TPSA) is 79.7 Å². The van der Waals surface area contributed by atoms with Crippen LogP contribution in [0.15, 0.2) is 40.7 Å². The number of benzene rings is 1. The fourth-order valence-corrected chi connectivity index (χ4v) is 4.30. The van der Waals surface area contributed by atoms with E-state index in [4.69, 9.17) is 9.29 Å². The fraction of sp³-hybridized carbons (Fsp3) is 0.267. The largest absolute Gasteiger partial charge is 0.490 e. The van der Waals surface area contributed by atoms with E-state index >= 15 is 0 Å². The average Bonchev–Trinajstić information content (AvgIpc) is 3.23. The van der Waals surface area contributed by atoms with Crippen LogP contribution in [0, 0.1) is 0 Å². The van der Waals surface area contributed by atoms with Crippen molar-refractivity contribution in [1.82, 2.24) is 4.98 Å². The lowest BCUT2D eigenvalue weighted by molar-refractivity contribution is 0.307. The lowest BCUT2D eigenvalue weighted by Crippen LogP contribution is -2.25. The zero-order valence-corrected chi connectivity index (χ0v) is 15.3. The molecule has 128 valence electrons. The van der Waals surface area contributed by atoms with Crippen molar-refractivity contribution in [1.29, 1.82) is 0 Å². The van der Waals surface area contributed by atoms with Crippen LogP contribution in [0.5, 0.6) is 0 Å². The first-order chi connectivity index (χ1) is 11.4. The molecule has 1 aliphatic rings. The molecule has 1 aliphatic heterocycles. The Morgan fingerprint density at radius 3 is 2.75 bits per heavy atom. The van der Waals surface area contributed by atoms with Crippen LogP contribution in [0.2, 0.25) is 0 Å². The molecule has 0 spiro atoms. The Morgan fingerprint density at radius 2 is 2.12 bits per heavy atom. The summed E-state index contributed by atoms with van der Waals surface area (Å²) in [5.74, 6) is 1.59. The van der Waals surface area contributed by atoms with Gasteiger partial charge in [-0.1, -0.05) is 12.1 Å². The third-order valence-corrected chi connectivity index (χ3v) is 6.32. The first-order valence-corrected chi connectivity index (χ1v) is 10.4. The maximum Gasteiger partial charge on any atom is 0.359 e. The molecule has 1 aromatic carbocycles. The predicted octanol–water partition coefficient (Wildman–Crippen LogP) is 3.44. The molecule has 0 unspecified atom stereocenters. The van der Waals surface area contributed by atoms with Gasteiger partial charge in [0, 0.05) is 24.6 Å². The van der Waals surface area contributed by atoms with Gasteiger partial charge in [-0.25, -0.2) is 4.98 Å². The Kier molecular flexibility index (Phi) is 5.14. The molecule has 0 bridgehead atoms. The third kappa shape index (κ3) is 4.10. The molecule has 2 heterocycles. The highest BCUT2D eigenvalue weighted by molar-refractivity contribution is 7.98. The quantitative estimate of drug-likeness (QED) is 0.607. The number of thioether (sulfide) groups is 1. The fourth-order valence-electron chi connectivity index (χ4n) is 2.10. The molecule has 0 atom stereocenters. The van der Waals surface area contributed by atoms with Gasteiger partial charge in [0.15, 0.2) is 10.8 Å². The number of rotatable bonds is 6. The van der Waals surface area contributed by atoms with Crippen LogP contribution in [0.25, 0.3) is 5.76 Å². The van der Waals surface area contributed by atoms with E-state index in [1.165, 1.54) is 7.05 Å². The third-order valence-electron chi connectivity index (χ3n) is 3.43. The summed E-state index contributed by atoms with van der Waals surface area (Å²) in [4.78, 5) is 4.55. The number of hydrogen-bond acceptors (Lipinski definition) is 6. The Labute approximate surface area is 149 Å². The van der Waals surface area contributed by atoms with E-state index in [0.717, 1.165) is 44.4 Å².